The van der Waals surface area contributed by atoms with Crippen LogP contribution in [0.1, 0.15) is 25.8 Å². The number of hydrogen-bond acceptors (Lipinski definition) is 5. The lowest BCUT2D eigenvalue weighted by Gasteiger charge is -2.42. The smallest absolute Gasteiger partial charge is 0.271 e. The second-order valence-corrected chi connectivity index (χ2v) is 7.46. The van der Waals surface area contributed by atoms with Gasteiger partial charge >= 0.3 is 0 Å². The van der Waals surface area contributed by atoms with Crippen LogP contribution in [0.25, 0.3) is 0 Å². The minimum Gasteiger partial charge on any atom is -0.327 e. The molecular formula is C17H24N4O3. The molecule has 7 nitrogen and oxygen atoms in total. The zero-order valence-electron chi connectivity index (χ0n) is 14.2. The maximum atomic E-state index is 12.7. The van der Waals surface area contributed by atoms with Crippen molar-refractivity contribution >= 4 is 17.3 Å². The number of hydrogen-bond donors (Lipinski definition) is 1. The minimum atomic E-state index is -0.421. The van der Waals surface area contributed by atoms with Crippen LogP contribution in [0.4, 0.5) is 11.4 Å². The van der Waals surface area contributed by atoms with Crippen LogP contribution in [0.2, 0.25) is 0 Å². The highest BCUT2D eigenvalue weighted by Gasteiger charge is 2.35. The number of nitro groups is 1. The topological polar surface area (TPSA) is 92.7 Å². The average molecular weight is 332 g/mol. The number of benzene rings is 1. The number of rotatable bonds is 3. The van der Waals surface area contributed by atoms with E-state index in [2.05, 4.69) is 18.7 Å². The second kappa shape index (κ2) is 6.14. The number of anilines is 1. The van der Waals surface area contributed by atoms with Crippen molar-refractivity contribution in [2.24, 2.45) is 11.1 Å². The Morgan fingerprint density at radius 3 is 2.83 bits per heavy atom. The van der Waals surface area contributed by atoms with Gasteiger partial charge in [0.1, 0.15) is 0 Å². The molecule has 1 atom stereocenters. The number of fused-ring (bicyclic) bond motifs is 1. The zero-order valence-corrected chi connectivity index (χ0v) is 14.2. The molecule has 1 aromatic rings. The lowest BCUT2D eigenvalue weighted by Crippen LogP contribution is -2.54. The molecule has 24 heavy (non-hydrogen) atoms. The Morgan fingerprint density at radius 2 is 2.17 bits per heavy atom. The van der Waals surface area contributed by atoms with Gasteiger partial charge in [-0.25, -0.2) is 0 Å². The standard InChI is InChI=1S/C17H24N4O3/c1-17(2)11-19(7-6-15(17)18)10-16(22)20-8-5-12-3-4-13(21(23)24)9-14(12)20/h3-4,9,15H,5-8,10-11,18H2,1-2H3. The van der Waals surface area contributed by atoms with E-state index in [1.165, 1.54) is 12.1 Å². The maximum absolute atomic E-state index is 12.7. The predicted octanol–water partition coefficient (Wildman–Crippen LogP) is 1.54. The van der Waals surface area contributed by atoms with E-state index in [0.29, 0.717) is 18.8 Å². The molecule has 0 aliphatic carbocycles. The Bertz CT molecular complexity index is 674. The molecule has 0 spiro atoms. The molecule has 0 bridgehead atoms. The van der Waals surface area contributed by atoms with Crippen LogP contribution in [-0.4, -0.2) is 48.0 Å². The van der Waals surface area contributed by atoms with Gasteiger partial charge in [-0.1, -0.05) is 19.9 Å². The zero-order chi connectivity index (χ0) is 17.5. The lowest BCUT2D eigenvalue weighted by atomic mass is 9.80. The summed E-state index contributed by atoms with van der Waals surface area (Å²) in [5.74, 6) is 0.000481. The van der Waals surface area contributed by atoms with Crippen molar-refractivity contribution < 1.29 is 9.72 Å². The quantitative estimate of drug-likeness (QED) is 0.669. The first-order valence-corrected chi connectivity index (χ1v) is 8.33. The molecule has 7 heteroatoms. The third-order valence-corrected chi connectivity index (χ3v) is 5.23. The van der Waals surface area contributed by atoms with Crippen LogP contribution in [0.15, 0.2) is 18.2 Å². The Hall–Kier alpha value is -1.99. The average Bonchev–Trinajstić information content (AvgIpc) is 2.93. The van der Waals surface area contributed by atoms with Gasteiger partial charge in [0, 0.05) is 37.8 Å². The number of carbonyl (C=O) groups excluding carboxylic acids is 1. The van der Waals surface area contributed by atoms with Crippen LogP contribution in [-0.2, 0) is 11.2 Å². The molecule has 2 N–H and O–H groups in total. The predicted molar refractivity (Wildman–Crippen MR) is 92.0 cm³/mol. The highest BCUT2D eigenvalue weighted by Crippen LogP contribution is 2.32. The van der Waals surface area contributed by atoms with Gasteiger partial charge in [-0.2, -0.15) is 0 Å². The van der Waals surface area contributed by atoms with Crippen molar-refractivity contribution in [1.29, 1.82) is 0 Å². The molecular weight excluding hydrogens is 308 g/mol. The summed E-state index contributed by atoms with van der Waals surface area (Å²) in [6, 6.07) is 4.92. The monoisotopic (exact) mass is 332 g/mol. The first kappa shape index (κ1) is 16.9. The Kier molecular flexibility index (Phi) is 4.31. The number of nitrogens with two attached hydrogens (primary N) is 1. The summed E-state index contributed by atoms with van der Waals surface area (Å²) >= 11 is 0. The van der Waals surface area contributed by atoms with Crippen molar-refractivity contribution in [3.05, 3.63) is 33.9 Å². The molecule has 0 aromatic heterocycles. The summed E-state index contributed by atoms with van der Waals surface area (Å²) < 4.78 is 0. The fraction of sp³-hybridized carbons (Fsp3) is 0.588. The largest absolute Gasteiger partial charge is 0.327 e. The summed E-state index contributed by atoms with van der Waals surface area (Å²) in [6.07, 6.45) is 1.62. The Morgan fingerprint density at radius 1 is 1.42 bits per heavy atom. The normalized spacial score (nSPS) is 23.1. The Labute approximate surface area is 141 Å². The van der Waals surface area contributed by atoms with Gasteiger partial charge in [0.25, 0.3) is 5.69 Å². The van der Waals surface area contributed by atoms with Gasteiger partial charge in [-0.3, -0.25) is 19.8 Å². The molecule has 2 aliphatic rings. The molecule has 130 valence electrons. The summed E-state index contributed by atoms with van der Waals surface area (Å²) in [7, 11) is 0. The van der Waals surface area contributed by atoms with Crippen LogP contribution in [0, 0.1) is 15.5 Å². The van der Waals surface area contributed by atoms with Gasteiger partial charge < -0.3 is 10.6 Å². The van der Waals surface area contributed by atoms with E-state index >= 15 is 0 Å². The fourth-order valence-electron chi connectivity index (χ4n) is 3.64. The van der Waals surface area contributed by atoms with Gasteiger partial charge in [-0.05, 0) is 23.8 Å². The second-order valence-electron chi connectivity index (χ2n) is 7.46. The van der Waals surface area contributed by atoms with Crippen molar-refractivity contribution in [3.8, 4) is 0 Å². The third kappa shape index (κ3) is 3.14. The number of amides is 1. The number of carbonyl (C=O) groups is 1. The number of nitro benzene ring substituents is 1. The molecule has 1 saturated heterocycles. The lowest BCUT2D eigenvalue weighted by molar-refractivity contribution is -0.384. The Balaban J connectivity index is 1.72. The van der Waals surface area contributed by atoms with E-state index in [0.717, 1.165) is 31.5 Å². The molecule has 1 unspecified atom stereocenters. The van der Waals surface area contributed by atoms with Crippen molar-refractivity contribution in [1.82, 2.24) is 4.90 Å². The van der Waals surface area contributed by atoms with E-state index in [1.54, 1.807) is 11.0 Å². The van der Waals surface area contributed by atoms with Gasteiger partial charge in [0.2, 0.25) is 5.91 Å². The maximum Gasteiger partial charge on any atom is 0.271 e. The molecule has 1 amide bonds. The molecule has 0 saturated carbocycles. The van der Waals surface area contributed by atoms with Crippen molar-refractivity contribution in [2.45, 2.75) is 32.7 Å². The highest BCUT2D eigenvalue weighted by atomic mass is 16.6. The van der Waals surface area contributed by atoms with E-state index in [4.69, 9.17) is 5.73 Å². The summed E-state index contributed by atoms with van der Waals surface area (Å²) in [6.45, 7) is 6.78. The fourth-order valence-corrected chi connectivity index (χ4v) is 3.64. The van der Waals surface area contributed by atoms with Crippen LogP contribution in [0.3, 0.4) is 0 Å². The number of likely N-dealkylation sites (tertiary alicyclic amines) is 1. The van der Waals surface area contributed by atoms with Gasteiger partial charge in [-0.15, -0.1) is 0 Å². The van der Waals surface area contributed by atoms with E-state index in [-0.39, 0.29) is 23.1 Å². The summed E-state index contributed by atoms with van der Waals surface area (Å²) in [4.78, 5) is 27.1. The molecule has 0 radical (unpaired) electrons. The minimum absolute atomic E-state index is 0.000481. The first-order chi connectivity index (χ1) is 11.3. The van der Waals surface area contributed by atoms with Gasteiger partial charge in [0.15, 0.2) is 0 Å². The molecule has 3 rings (SSSR count). The third-order valence-electron chi connectivity index (χ3n) is 5.23. The highest BCUT2D eigenvalue weighted by molar-refractivity contribution is 5.97. The first-order valence-electron chi connectivity index (χ1n) is 8.33. The number of piperidine rings is 1. The molecule has 1 aromatic carbocycles. The molecule has 2 aliphatic heterocycles. The summed E-state index contributed by atoms with van der Waals surface area (Å²) in [5.41, 5.74) is 7.84. The molecule has 1 fully saturated rings. The van der Waals surface area contributed by atoms with E-state index in [9.17, 15) is 14.9 Å². The number of nitrogens with zero attached hydrogens (tertiary/aromatic N) is 3. The van der Waals surface area contributed by atoms with Crippen molar-refractivity contribution in [3.63, 3.8) is 0 Å². The van der Waals surface area contributed by atoms with Crippen LogP contribution in [0.5, 0.6) is 0 Å². The number of non-ortho nitro benzene ring substituents is 1. The van der Waals surface area contributed by atoms with Crippen LogP contribution >= 0.6 is 0 Å². The summed E-state index contributed by atoms with van der Waals surface area (Å²) in [5, 5.41) is 11.0. The van der Waals surface area contributed by atoms with Crippen molar-refractivity contribution in [2.75, 3.05) is 31.1 Å². The van der Waals surface area contributed by atoms with E-state index in [1.807, 2.05) is 0 Å². The van der Waals surface area contributed by atoms with Crippen LogP contribution < -0.4 is 10.6 Å². The molecule has 2 heterocycles. The SMILES string of the molecule is CC1(C)CN(CC(=O)N2CCc3ccc([N+](=O)[O-])cc32)CCC1N. The van der Waals surface area contributed by atoms with E-state index < -0.39 is 4.92 Å². The van der Waals surface area contributed by atoms with Gasteiger partial charge in [0.05, 0.1) is 17.2 Å².